The number of fused-ring (bicyclic) bond motifs is 1. The number of ether oxygens (including phenoxy) is 1. The van der Waals surface area contributed by atoms with Gasteiger partial charge < -0.3 is 4.74 Å². The normalized spacial score (nSPS) is 33.1. The summed E-state index contributed by atoms with van der Waals surface area (Å²) < 4.78 is 5.75. The highest BCUT2D eigenvalue weighted by Gasteiger charge is 2.39. The lowest BCUT2D eigenvalue weighted by Gasteiger charge is -2.45. The van der Waals surface area contributed by atoms with E-state index in [4.69, 9.17) is 4.74 Å². The van der Waals surface area contributed by atoms with Crippen LogP contribution in [0.4, 0.5) is 0 Å². The molecule has 0 aromatic heterocycles. The maximum atomic E-state index is 12.8. The molecule has 4 rings (SSSR count). The van der Waals surface area contributed by atoms with E-state index in [1.165, 1.54) is 63.4 Å². The molecule has 32 heavy (non-hydrogen) atoms. The first kappa shape index (κ1) is 23.6. The van der Waals surface area contributed by atoms with Crippen molar-refractivity contribution >= 4 is 5.97 Å². The highest BCUT2D eigenvalue weighted by Crippen LogP contribution is 2.49. The van der Waals surface area contributed by atoms with Gasteiger partial charge in [-0.25, -0.2) is 0 Å². The molecule has 0 aliphatic heterocycles. The van der Waals surface area contributed by atoms with Crippen molar-refractivity contribution in [1.29, 1.82) is 0 Å². The molecule has 0 saturated heterocycles. The Morgan fingerprint density at radius 3 is 2.19 bits per heavy atom. The third-order valence-electron chi connectivity index (χ3n) is 9.09. The van der Waals surface area contributed by atoms with Crippen LogP contribution in [0.25, 0.3) is 0 Å². The van der Waals surface area contributed by atoms with E-state index in [1.54, 1.807) is 0 Å². The molecule has 4 unspecified atom stereocenters. The van der Waals surface area contributed by atoms with Gasteiger partial charge in [-0.05, 0) is 125 Å². The molecular formula is C30H44O2. The number of carbonyl (C=O) groups is 1. The van der Waals surface area contributed by atoms with Gasteiger partial charge in [-0.15, -0.1) is 0 Å². The highest BCUT2D eigenvalue weighted by atomic mass is 16.5. The van der Waals surface area contributed by atoms with Crippen LogP contribution in [-0.2, 0) is 11.2 Å². The molecule has 1 aromatic rings. The van der Waals surface area contributed by atoms with Gasteiger partial charge in [-0.2, -0.15) is 0 Å². The molecule has 3 fully saturated rings. The quantitative estimate of drug-likeness (QED) is 0.245. The molecule has 0 radical (unpaired) electrons. The largest absolute Gasteiger partial charge is 0.426 e. The van der Waals surface area contributed by atoms with Crippen molar-refractivity contribution in [2.24, 2.45) is 35.5 Å². The van der Waals surface area contributed by atoms with Crippen LogP contribution in [0, 0.1) is 35.5 Å². The Labute approximate surface area is 196 Å². The lowest BCUT2D eigenvalue weighted by molar-refractivity contribution is -0.140. The molecule has 0 bridgehead atoms. The Hall–Kier alpha value is -1.57. The van der Waals surface area contributed by atoms with E-state index in [0.29, 0.717) is 5.75 Å². The molecule has 3 aliphatic rings. The fraction of sp³-hybridized carbons (Fsp3) is 0.700. The van der Waals surface area contributed by atoms with Gasteiger partial charge in [0.1, 0.15) is 5.75 Å². The van der Waals surface area contributed by atoms with E-state index in [2.05, 4.69) is 38.1 Å². The van der Waals surface area contributed by atoms with Gasteiger partial charge in [0.25, 0.3) is 0 Å². The number of carbonyl (C=O) groups excluding carboxylic acids is 1. The number of hydrogen-bond acceptors (Lipinski definition) is 2. The Kier molecular flexibility index (Phi) is 8.49. The van der Waals surface area contributed by atoms with Crippen LogP contribution >= 0.6 is 0 Å². The smallest absolute Gasteiger partial charge is 0.314 e. The lowest BCUT2D eigenvalue weighted by Crippen LogP contribution is -2.35. The van der Waals surface area contributed by atoms with Crippen molar-refractivity contribution in [2.75, 3.05) is 0 Å². The predicted octanol–water partition coefficient (Wildman–Crippen LogP) is 8.15. The van der Waals surface area contributed by atoms with Crippen molar-refractivity contribution in [1.82, 2.24) is 0 Å². The minimum Gasteiger partial charge on any atom is -0.426 e. The number of hydrogen-bond donors (Lipinski definition) is 0. The Morgan fingerprint density at radius 2 is 1.50 bits per heavy atom. The average molecular weight is 437 g/mol. The number of aryl methyl sites for hydroxylation is 1. The zero-order valence-corrected chi connectivity index (χ0v) is 20.4. The summed E-state index contributed by atoms with van der Waals surface area (Å²) in [4.78, 5) is 12.8. The molecule has 3 saturated carbocycles. The van der Waals surface area contributed by atoms with E-state index in [0.717, 1.165) is 55.3 Å². The van der Waals surface area contributed by atoms with Crippen molar-refractivity contribution < 1.29 is 9.53 Å². The average Bonchev–Trinajstić information content (AvgIpc) is 2.84. The molecule has 176 valence electrons. The van der Waals surface area contributed by atoms with Gasteiger partial charge in [0.05, 0.1) is 5.92 Å². The van der Waals surface area contributed by atoms with Gasteiger partial charge in [-0.1, -0.05) is 44.1 Å². The maximum Gasteiger partial charge on any atom is 0.314 e. The zero-order chi connectivity index (χ0) is 22.3. The van der Waals surface area contributed by atoms with Crippen molar-refractivity contribution in [2.45, 2.75) is 97.3 Å². The second kappa shape index (κ2) is 11.5. The fourth-order valence-corrected chi connectivity index (χ4v) is 6.99. The lowest BCUT2D eigenvalue weighted by atomic mass is 9.61. The van der Waals surface area contributed by atoms with E-state index in [1.807, 2.05) is 12.1 Å². The molecule has 3 aliphatic carbocycles. The molecule has 2 heteroatoms. The molecule has 0 spiro atoms. The fourth-order valence-electron chi connectivity index (χ4n) is 6.99. The summed E-state index contributed by atoms with van der Waals surface area (Å²) >= 11 is 0. The topological polar surface area (TPSA) is 26.3 Å². The van der Waals surface area contributed by atoms with Crippen LogP contribution in [-0.4, -0.2) is 5.97 Å². The van der Waals surface area contributed by atoms with Gasteiger partial charge in [0.2, 0.25) is 0 Å². The van der Waals surface area contributed by atoms with E-state index < -0.39 is 0 Å². The number of allylic oxidation sites excluding steroid dienone is 2. The van der Waals surface area contributed by atoms with Crippen molar-refractivity contribution in [3.63, 3.8) is 0 Å². The van der Waals surface area contributed by atoms with Crippen molar-refractivity contribution in [3.05, 3.63) is 42.0 Å². The summed E-state index contributed by atoms with van der Waals surface area (Å²) in [7, 11) is 0. The van der Waals surface area contributed by atoms with Crippen LogP contribution in [0.3, 0.4) is 0 Å². The predicted molar refractivity (Wildman–Crippen MR) is 133 cm³/mol. The van der Waals surface area contributed by atoms with Gasteiger partial charge in [0.15, 0.2) is 0 Å². The molecule has 0 heterocycles. The summed E-state index contributed by atoms with van der Waals surface area (Å²) in [6.07, 6.45) is 21.1. The second-order valence-corrected chi connectivity index (χ2v) is 11.0. The monoisotopic (exact) mass is 436 g/mol. The van der Waals surface area contributed by atoms with Crippen LogP contribution < -0.4 is 4.74 Å². The minimum atomic E-state index is -0.00767. The third kappa shape index (κ3) is 6.06. The van der Waals surface area contributed by atoms with Crippen LogP contribution in [0.15, 0.2) is 36.4 Å². The zero-order valence-electron chi connectivity index (χ0n) is 20.4. The summed E-state index contributed by atoms with van der Waals surface area (Å²) in [5, 5.41) is 0. The highest BCUT2D eigenvalue weighted by molar-refractivity contribution is 5.75. The molecular weight excluding hydrogens is 392 g/mol. The maximum absolute atomic E-state index is 12.8. The Morgan fingerprint density at radius 1 is 0.875 bits per heavy atom. The SMILES string of the molecule is C/C=C/CCc1ccc(OC(=O)C2CCC(C3CCC4CC(CC)CCC4C3)CC2)cc1. The van der Waals surface area contributed by atoms with Crippen LogP contribution in [0.1, 0.15) is 96.5 Å². The van der Waals surface area contributed by atoms with Gasteiger partial charge in [-0.3, -0.25) is 4.79 Å². The summed E-state index contributed by atoms with van der Waals surface area (Å²) in [6.45, 7) is 4.43. The summed E-state index contributed by atoms with van der Waals surface area (Å²) in [5.74, 6) is 5.58. The first-order chi connectivity index (χ1) is 15.7. The third-order valence-corrected chi connectivity index (χ3v) is 9.09. The molecule has 2 nitrogen and oxygen atoms in total. The Balaban J connectivity index is 1.20. The molecule has 1 aromatic carbocycles. The summed E-state index contributed by atoms with van der Waals surface area (Å²) in [5.41, 5.74) is 1.29. The second-order valence-electron chi connectivity index (χ2n) is 11.0. The molecule has 4 atom stereocenters. The summed E-state index contributed by atoms with van der Waals surface area (Å²) in [6, 6.07) is 8.10. The first-order valence-electron chi connectivity index (χ1n) is 13.6. The molecule has 0 amide bonds. The Bertz CT molecular complexity index is 741. The first-order valence-corrected chi connectivity index (χ1v) is 13.6. The van der Waals surface area contributed by atoms with E-state index >= 15 is 0 Å². The van der Waals surface area contributed by atoms with E-state index in [-0.39, 0.29) is 11.9 Å². The standard InChI is InChI=1S/C30H44O2/c1-3-5-6-7-23-9-18-29(19-10-23)32-30(31)25-14-12-24(13-15-25)27-17-16-26-20-22(4-2)8-11-28(26)21-27/h3,5,9-10,18-19,22,24-28H,4,6-8,11-17,20-21H2,1-2H3/b5-3+. The number of benzene rings is 1. The number of rotatable bonds is 7. The van der Waals surface area contributed by atoms with Gasteiger partial charge >= 0.3 is 5.97 Å². The van der Waals surface area contributed by atoms with Crippen LogP contribution in [0.5, 0.6) is 5.75 Å². The number of esters is 1. The van der Waals surface area contributed by atoms with E-state index in [9.17, 15) is 4.79 Å². The van der Waals surface area contributed by atoms with Gasteiger partial charge in [0, 0.05) is 0 Å². The molecule has 0 N–H and O–H groups in total. The minimum absolute atomic E-state index is 0.00767. The van der Waals surface area contributed by atoms with Crippen LogP contribution in [0.2, 0.25) is 0 Å². The van der Waals surface area contributed by atoms with Crippen molar-refractivity contribution in [3.8, 4) is 5.75 Å².